The molecule has 0 unspecified atom stereocenters. The number of hydrogen-bond acceptors (Lipinski definition) is 5. The van der Waals surface area contributed by atoms with E-state index in [-0.39, 0.29) is 17.0 Å². The summed E-state index contributed by atoms with van der Waals surface area (Å²) < 4.78 is 0. The summed E-state index contributed by atoms with van der Waals surface area (Å²) in [7, 11) is 0. The molecule has 2 rings (SSSR count). The van der Waals surface area contributed by atoms with Crippen molar-refractivity contribution in [1.29, 1.82) is 0 Å². The minimum Gasteiger partial charge on any atom is -0.481 e. The van der Waals surface area contributed by atoms with Crippen molar-refractivity contribution in [2.75, 3.05) is 6.54 Å². The normalized spacial score (nSPS) is 15.3. The fraction of sp³-hybridized carbons (Fsp3) is 0.438. The number of rotatable bonds is 7. The predicted molar refractivity (Wildman–Crippen MR) is 92.0 cm³/mol. The van der Waals surface area contributed by atoms with Crippen LogP contribution in [0.1, 0.15) is 42.5 Å². The van der Waals surface area contributed by atoms with Crippen LogP contribution in [0.2, 0.25) is 5.02 Å². The number of carbonyl (C=O) groups excluding carboxylic acids is 2. The van der Waals surface area contributed by atoms with E-state index < -0.39 is 40.5 Å². The number of benzene rings is 1. The van der Waals surface area contributed by atoms with E-state index in [4.69, 9.17) is 16.7 Å². The highest BCUT2D eigenvalue weighted by atomic mass is 35.5. The van der Waals surface area contributed by atoms with Crippen LogP contribution in [0, 0.1) is 10.1 Å². The Morgan fingerprint density at radius 1 is 1.27 bits per heavy atom. The highest BCUT2D eigenvalue weighted by molar-refractivity contribution is 6.34. The number of nitro benzene ring substituents is 1. The summed E-state index contributed by atoms with van der Waals surface area (Å²) in [4.78, 5) is 45.7. The lowest BCUT2D eigenvalue weighted by atomic mass is 9.93. The molecule has 1 aromatic carbocycles. The maximum Gasteiger partial charge on any atom is 0.305 e. The zero-order chi connectivity index (χ0) is 19.3. The molecule has 0 heterocycles. The maximum atomic E-state index is 12.2. The van der Waals surface area contributed by atoms with Crippen molar-refractivity contribution in [3.8, 4) is 0 Å². The Morgan fingerprint density at radius 3 is 2.50 bits per heavy atom. The topological polar surface area (TPSA) is 139 Å². The van der Waals surface area contributed by atoms with Crippen LogP contribution in [0.15, 0.2) is 18.2 Å². The van der Waals surface area contributed by atoms with Gasteiger partial charge in [0.1, 0.15) is 5.56 Å². The van der Waals surface area contributed by atoms with Crippen molar-refractivity contribution in [3.05, 3.63) is 38.9 Å². The summed E-state index contributed by atoms with van der Waals surface area (Å²) in [5.74, 6) is -2.42. The molecule has 3 N–H and O–H groups in total. The quantitative estimate of drug-likeness (QED) is 0.485. The Hall–Kier alpha value is -2.68. The van der Waals surface area contributed by atoms with Gasteiger partial charge in [0.05, 0.1) is 28.5 Å². The maximum absolute atomic E-state index is 12.2. The van der Waals surface area contributed by atoms with Crippen molar-refractivity contribution < 1.29 is 24.4 Å². The van der Waals surface area contributed by atoms with Crippen LogP contribution >= 0.6 is 11.6 Å². The molecule has 0 radical (unpaired) electrons. The standard InChI is InChI=1S/C16H18ClN3O6/c17-10-4-3-5-11(20(25)26)14(10)15(24)18-9-12(21)19-16(8-13(22)23)6-1-2-7-16/h3-5H,1-2,6-9H2,(H,18,24)(H,19,21)(H,22,23). The SMILES string of the molecule is O=C(O)CC1(NC(=O)CNC(=O)c2c(Cl)cccc2[N+](=O)[O-])CCCC1. The molecule has 2 amide bonds. The highest BCUT2D eigenvalue weighted by Gasteiger charge is 2.37. The first kappa shape index (κ1) is 19.6. The van der Waals surface area contributed by atoms with Gasteiger partial charge in [-0.3, -0.25) is 24.5 Å². The number of nitro groups is 1. The number of aliphatic carboxylic acids is 1. The van der Waals surface area contributed by atoms with E-state index in [1.807, 2.05) is 0 Å². The molecule has 1 aliphatic rings. The number of hydrogen-bond donors (Lipinski definition) is 3. The van der Waals surface area contributed by atoms with Crippen LogP contribution < -0.4 is 10.6 Å². The molecule has 1 aromatic rings. The summed E-state index contributed by atoms with van der Waals surface area (Å²) in [6, 6.07) is 3.82. The fourth-order valence-electron chi connectivity index (χ4n) is 3.17. The van der Waals surface area contributed by atoms with Crippen molar-refractivity contribution in [2.45, 2.75) is 37.6 Å². The van der Waals surface area contributed by atoms with Gasteiger partial charge in [0.25, 0.3) is 11.6 Å². The summed E-state index contributed by atoms with van der Waals surface area (Å²) in [5.41, 5.74) is -1.61. The molecule has 1 fully saturated rings. The minimum atomic E-state index is -1.01. The Labute approximate surface area is 153 Å². The smallest absolute Gasteiger partial charge is 0.305 e. The van der Waals surface area contributed by atoms with E-state index in [2.05, 4.69) is 10.6 Å². The monoisotopic (exact) mass is 383 g/mol. The lowest BCUT2D eigenvalue weighted by molar-refractivity contribution is -0.385. The molecule has 9 nitrogen and oxygen atoms in total. The third-order valence-corrected chi connectivity index (χ3v) is 4.59. The van der Waals surface area contributed by atoms with Gasteiger partial charge in [0.15, 0.2) is 0 Å². The Kier molecular flexibility index (Phi) is 6.14. The van der Waals surface area contributed by atoms with Crippen molar-refractivity contribution >= 4 is 35.1 Å². The number of nitrogens with zero attached hydrogens (tertiary/aromatic N) is 1. The zero-order valence-electron chi connectivity index (χ0n) is 13.8. The second kappa shape index (κ2) is 8.13. The second-order valence-electron chi connectivity index (χ2n) is 6.18. The van der Waals surface area contributed by atoms with E-state index >= 15 is 0 Å². The van der Waals surface area contributed by atoms with Crippen LogP contribution in [0.5, 0.6) is 0 Å². The number of carbonyl (C=O) groups is 3. The first-order valence-electron chi connectivity index (χ1n) is 7.98. The van der Waals surface area contributed by atoms with Crippen molar-refractivity contribution in [3.63, 3.8) is 0 Å². The van der Waals surface area contributed by atoms with Gasteiger partial charge in [-0.15, -0.1) is 0 Å². The van der Waals surface area contributed by atoms with Crippen molar-refractivity contribution in [2.24, 2.45) is 0 Å². The number of halogens is 1. The zero-order valence-corrected chi connectivity index (χ0v) is 14.5. The van der Waals surface area contributed by atoms with Crippen LogP contribution in [-0.4, -0.2) is 39.9 Å². The summed E-state index contributed by atoms with van der Waals surface area (Å²) >= 11 is 5.87. The van der Waals surface area contributed by atoms with Crippen LogP contribution in [0.3, 0.4) is 0 Å². The molecule has 0 aliphatic heterocycles. The second-order valence-corrected chi connectivity index (χ2v) is 6.59. The van der Waals surface area contributed by atoms with Crippen LogP contribution in [0.25, 0.3) is 0 Å². The van der Waals surface area contributed by atoms with Gasteiger partial charge >= 0.3 is 5.97 Å². The Morgan fingerprint density at radius 2 is 1.92 bits per heavy atom. The number of carboxylic acid groups (broad SMARTS) is 1. The lowest BCUT2D eigenvalue weighted by Crippen LogP contribution is -2.51. The van der Waals surface area contributed by atoms with E-state index in [0.717, 1.165) is 18.9 Å². The molecule has 0 spiro atoms. The average molecular weight is 384 g/mol. The summed E-state index contributed by atoms with van der Waals surface area (Å²) in [5, 5.41) is 24.9. The molecule has 10 heteroatoms. The number of amides is 2. The average Bonchev–Trinajstić information content (AvgIpc) is 2.99. The summed E-state index contributed by atoms with van der Waals surface area (Å²) in [6.45, 7) is -0.442. The van der Waals surface area contributed by atoms with Gasteiger partial charge in [-0.1, -0.05) is 30.5 Å². The predicted octanol–water partition coefficient (Wildman–Crippen LogP) is 1.88. The molecular weight excluding hydrogens is 366 g/mol. The molecule has 0 aromatic heterocycles. The van der Waals surface area contributed by atoms with Gasteiger partial charge in [0.2, 0.25) is 5.91 Å². The third kappa shape index (κ3) is 4.69. The van der Waals surface area contributed by atoms with Gasteiger partial charge in [-0.2, -0.15) is 0 Å². The molecule has 0 bridgehead atoms. The van der Waals surface area contributed by atoms with E-state index in [1.54, 1.807) is 0 Å². The van der Waals surface area contributed by atoms with E-state index in [9.17, 15) is 24.5 Å². The molecule has 1 aliphatic carbocycles. The Balaban J connectivity index is 2.02. The van der Waals surface area contributed by atoms with Crippen LogP contribution in [0.4, 0.5) is 5.69 Å². The highest BCUT2D eigenvalue weighted by Crippen LogP contribution is 2.32. The number of carboxylic acids is 1. The third-order valence-electron chi connectivity index (χ3n) is 4.28. The largest absolute Gasteiger partial charge is 0.481 e. The first-order valence-corrected chi connectivity index (χ1v) is 8.36. The number of nitrogens with one attached hydrogen (secondary N) is 2. The lowest BCUT2D eigenvalue weighted by Gasteiger charge is -2.28. The fourth-order valence-corrected chi connectivity index (χ4v) is 3.42. The molecular formula is C16H18ClN3O6. The van der Waals surface area contributed by atoms with Gasteiger partial charge in [-0.25, -0.2) is 0 Å². The Bertz CT molecular complexity index is 746. The molecule has 0 atom stereocenters. The van der Waals surface area contributed by atoms with Gasteiger partial charge in [-0.05, 0) is 18.9 Å². The first-order chi connectivity index (χ1) is 12.2. The van der Waals surface area contributed by atoms with E-state index in [0.29, 0.717) is 12.8 Å². The van der Waals surface area contributed by atoms with E-state index in [1.165, 1.54) is 12.1 Å². The molecule has 26 heavy (non-hydrogen) atoms. The minimum absolute atomic E-state index is 0.102. The molecule has 0 saturated heterocycles. The van der Waals surface area contributed by atoms with Gasteiger partial charge < -0.3 is 15.7 Å². The molecule has 140 valence electrons. The summed E-state index contributed by atoms with van der Waals surface area (Å²) in [6.07, 6.45) is 2.53. The van der Waals surface area contributed by atoms with Crippen LogP contribution in [-0.2, 0) is 9.59 Å². The van der Waals surface area contributed by atoms with Crippen molar-refractivity contribution in [1.82, 2.24) is 10.6 Å². The molecule has 1 saturated carbocycles. The van der Waals surface area contributed by atoms with Gasteiger partial charge in [0, 0.05) is 6.07 Å².